The summed E-state index contributed by atoms with van der Waals surface area (Å²) in [5, 5.41) is 26.2. The first-order valence-corrected chi connectivity index (χ1v) is 17.9. The number of phenols is 1. The average molecular weight is 822 g/mol. The Hall–Kier alpha value is -3.41. The number of nitrogens with zero attached hydrogens (tertiary/aromatic N) is 1. The van der Waals surface area contributed by atoms with Gasteiger partial charge in [0.1, 0.15) is 44.2 Å². The van der Waals surface area contributed by atoms with Crippen molar-refractivity contribution in [2.75, 3.05) is 68.5 Å². The van der Waals surface area contributed by atoms with E-state index >= 15 is 0 Å². The standard InChI is InChI=1S/C36H47Cl3N2O13/c1-9-10-50-34(44)41-22(13-42)12-21-11-18(2)30(48-7)19(3)24(21)28(41)27-33(54-17-47-6)26-25(23(40-27)14-51-35(45)52-15-36(37,38)39)29(43)32(49-8)20(4)31(26)53-16-46-5/h9,11,22-23,27-28,33,40,42-43H,1,10,12-17H2,2-8H3/t22-,23-,27+,28+,33+/m0/s1. The number of phenolic OH excluding ortho intramolecular Hbond substituents is 1. The number of ether oxygens (including phenoxy) is 9. The molecule has 3 N–H and O–H groups in total. The van der Waals surface area contributed by atoms with Crippen molar-refractivity contribution in [3.05, 3.63) is 57.7 Å². The predicted octanol–water partition coefficient (Wildman–Crippen LogP) is 5.80. The molecule has 2 aliphatic rings. The third-order valence-corrected chi connectivity index (χ3v) is 9.55. The number of fused-ring (bicyclic) bond motifs is 2. The maximum absolute atomic E-state index is 14.1. The smallest absolute Gasteiger partial charge is 0.504 e. The maximum atomic E-state index is 14.1. The van der Waals surface area contributed by atoms with Crippen LogP contribution < -0.4 is 19.5 Å². The first kappa shape index (κ1) is 43.3. The Labute approximate surface area is 329 Å². The molecular formula is C36H47Cl3N2O13. The van der Waals surface area contributed by atoms with Gasteiger partial charge >= 0.3 is 12.2 Å². The van der Waals surface area contributed by atoms with Gasteiger partial charge in [0.15, 0.2) is 18.3 Å². The Balaban J connectivity index is 2.06. The lowest BCUT2D eigenvalue weighted by Crippen LogP contribution is -2.59. The van der Waals surface area contributed by atoms with Gasteiger partial charge < -0.3 is 52.8 Å². The fourth-order valence-electron chi connectivity index (χ4n) is 7.33. The fourth-order valence-corrected chi connectivity index (χ4v) is 7.49. The molecule has 2 aliphatic heterocycles. The molecule has 15 nitrogen and oxygen atoms in total. The van der Waals surface area contributed by atoms with Crippen LogP contribution in [0.5, 0.6) is 23.0 Å². The van der Waals surface area contributed by atoms with Gasteiger partial charge in [0.25, 0.3) is 0 Å². The number of hydrogen-bond donors (Lipinski definition) is 3. The molecule has 18 heteroatoms. The van der Waals surface area contributed by atoms with Crippen molar-refractivity contribution >= 4 is 47.1 Å². The molecule has 2 heterocycles. The summed E-state index contributed by atoms with van der Waals surface area (Å²) in [6.45, 7) is 7.10. The van der Waals surface area contributed by atoms with Gasteiger partial charge in [-0.2, -0.15) is 0 Å². The summed E-state index contributed by atoms with van der Waals surface area (Å²) in [7, 11) is 5.82. The lowest BCUT2D eigenvalue weighted by molar-refractivity contribution is -0.106. The second-order valence-electron chi connectivity index (χ2n) is 12.6. The van der Waals surface area contributed by atoms with Crippen LogP contribution in [0.25, 0.3) is 0 Å². The number of rotatable bonds is 15. The highest BCUT2D eigenvalue weighted by atomic mass is 35.6. The predicted molar refractivity (Wildman–Crippen MR) is 198 cm³/mol. The Morgan fingerprint density at radius 1 is 0.963 bits per heavy atom. The Morgan fingerprint density at radius 2 is 1.65 bits per heavy atom. The van der Waals surface area contributed by atoms with Crippen LogP contribution in [0.2, 0.25) is 0 Å². The number of halogens is 3. The summed E-state index contributed by atoms with van der Waals surface area (Å²) in [5.74, 6) is 0.586. The molecule has 0 unspecified atom stereocenters. The van der Waals surface area contributed by atoms with Gasteiger partial charge in [-0.05, 0) is 49.4 Å². The molecule has 4 rings (SSSR count). The fraction of sp³-hybridized carbons (Fsp3) is 0.556. The van der Waals surface area contributed by atoms with Gasteiger partial charge in [-0.1, -0.05) is 53.5 Å². The number of benzene rings is 2. The molecule has 0 saturated heterocycles. The molecule has 0 saturated carbocycles. The lowest BCUT2D eigenvalue weighted by atomic mass is 9.75. The molecule has 0 aliphatic carbocycles. The van der Waals surface area contributed by atoms with Gasteiger partial charge in [-0.25, -0.2) is 9.59 Å². The number of alkyl halides is 3. The second-order valence-corrected chi connectivity index (χ2v) is 15.1. The maximum Gasteiger partial charge on any atom is 0.508 e. The molecule has 54 heavy (non-hydrogen) atoms. The Morgan fingerprint density at radius 3 is 2.24 bits per heavy atom. The van der Waals surface area contributed by atoms with E-state index in [1.807, 2.05) is 19.9 Å². The highest BCUT2D eigenvalue weighted by Crippen LogP contribution is 2.55. The van der Waals surface area contributed by atoms with Crippen LogP contribution in [0.3, 0.4) is 0 Å². The average Bonchev–Trinajstić information content (AvgIpc) is 3.13. The van der Waals surface area contributed by atoms with Gasteiger partial charge in [0.05, 0.1) is 45.0 Å². The van der Waals surface area contributed by atoms with Crippen molar-refractivity contribution in [3.8, 4) is 23.0 Å². The van der Waals surface area contributed by atoms with Crippen LogP contribution in [-0.4, -0.2) is 112 Å². The van der Waals surface area contributed by atoms with E-state index in [4.69, 9.17) is 77.4 Å². The number of aryl methyl sites for hydroxylation is 1. The highest BCUT2D eigenvalue weighted by molar-refractivity contribution is 6.67. The number of aromatic hydroxyl groups is 1. The minimum absolute atomic E-state index is 0.0726. The normalized spacial score (nSPS) is 20.7. The van der Waals surface area contributed by atoms with Crippen LogP contribution >= 0.6 is 34.8 Å². The largest absolute Gasteiger partial charge is 0.508 e. The number of carbonyl (C=O) groups excluding carboxylic acids is 2. The number of methoxy groups -OCH3 is 4. The Kier molecular flexibility index (Phi) is 15.2. The summed E-state index contributed by atoms with van der Waals surface area (Å²) >= 11 is 17.3. The summed E-state index contributed by atoms with van der Waals surface area (Å²) in [5.41, 5.74) is 4.00. The first-order valence-electron chi connectivity index (χ1n) is 16.8. The topological polar surface area (TPSA) is 173 Å². The van der Waals surface area contributed by atoms with Gasteiger partial charge in [-0.15, -0.1) is 0 Å². The van der Waals surface area contributed by atoms with Crippen molar-refractivity contribution in [1.29, 1.82) is 0 Å². The van der Waals surface area contributed by atoms with Gasteiger partial charge in [-0.3, -0.25) is 10.2 Å². The molecule has 2 aromatic rings. The quantitative estimate of drug-likeness (QED) is 0.0852. The number of nitrogens with one attached hydrogen (secondary N) is 1. The number of amides is 1. The molecule has 0 fully saturated rings. The number of aliphatic hydroxyl groups is 1. The van der Waals surface area contributed by atoms with E-state index in [0.717, 1.165) is 16.7 Å². The number of hydrogen-bond acceptors (Lipinski definition) is 14. The zero-order chi connectivity index (χ0) is 39.9. The minimum Gasteiger partial charge on any atom is -0.504 e. The minimum atomic E-state index is -1.90. The van der Waals surface area contributed by atoms with E-state index in [2.05, 4.69) is 11.9 Å². The second kappa shape index (κ2) is 19.0. The molecule has 0 spiro atoms. The van der Waals surface area contributed by atoms with E-state index in [1.165, 1.54) is 32.3 Å². The zero-order valence-electron chi connectivity index (χ0n) is 31.2. The van der Waals surface area contributed by atoms with E-state index in [0.29, 0.717) is 22.4 Å². The summed E-state index contributed by atoms with van der Waals surface area (Å²) in [4.78, 5) is 28.4. The molecule has 2 aromatic carbocycles. The van der Waals surface area contributed by atoms with E-state index in [-0.39, 0.29) is 49.4 Å². The monoisotopic (exact) mass is 820 g/mol. The van der Waals surface area contributed by atoms with Crippen LogP contribution in [0.15, 0.2) is 18.7 Å². The zero-order valence-corrected chi connectivity index (χ0v) is 33.4. The van der Waals surface area contributed by atoms with Crippen molar-refractivity contribution in [1.82, 2.24) is 10.2 Å². The lowest BCUT2D eigenvalue weighted by Gasteiger charge is -2.50. The van der Waals surface area contributed by atoms with Crippen molar-refractivity contribution in [3.63, 3.8) is 0 Å². The molecule has 0 aromatic heterocycles. The molecule has 0 bridgehead atoms. The van der Waals surface area contributed by atoms with Crippen LogP contribution in [0.4, 0.5) is 9.59 Å². The third kappa shape index (κ3) is 9.16. The Bertz CT molecular complexity index is 1670. The van der Waals surface area contributed by atoms with E-state index in [9.17, 15) is 19.8 Å². The van der Waals surface area contributed by atoms with E-state index in [1.54, 1.807) is 14.0 Å². The van der Waals surface area contributed by atoms with Gasteiger partial charge in [0.2, 0.25) is 3.79 Å². The summed E-state index contributed by atoms with van der Waals surface area (Å²) in [6.07, 6.45) is -1.27. The first-order chi connectivity index (χ1) is 25.7. The van der Waals surface area contributed by atoms with Gasteiger partial charge in [0, 0.05) is 30.9 Å². The summed E-state index contributed by atoms with van der Waals surface area (Å²) < 4.78 is 49.1. The number of carbonyl (C=O) groups is 2. The molecular weight excluding hydrogens is 775 g/mol. The summed E-state index contributed by atoms with van der Waals surface area (Å²) in [6, 6.07) is -1.79. The van der Waals surface area contributed by atoms with Crippen molar-refractivity contribution in [2.45, 2.75) is 61.3 Å². The molecule has 0 radical (unpaired) electrons. The molecule has 1 amide bonds. The van der Waals surface area contributed by atoms with Crippen LogP contribution in [-0.2, 0) is 34.8 Å². The third-order valence-electron chi connectivity index (χ3n) is 9.23. The highest BCUT2D eigenvalue weighted by Gasteiger charge is 2.52. The van der Waals surface area contributed by atoms with Crippen molar-refractivity contribution < 1.29 is 62.4 Å². The van der Waals surface area contributed by atoms with E-state index < -0.39 is 66.1 Å². The van der Waals surface area contributed by atoms with Crippen LogP contribution in [0, 0.1) is 20.8 Å². The number of aliphatic hydroxyl groups excluding tert-OH is 1. The van der Waals surface area contributed by atoms with Crippen LogP contribution in [0.1, 0.15) is 57.1 Å². The molecule has 300 valence electrons. The SMILES string of the molecule is C=CCOC(=O)N1[C@H](CO)Cc2cc(C)c(OC)c(C)c2[C@@H]1[C@H]1N[C@@H](COC(=O)OCC(Cl)(Cl)Cl)c2c(O)c(OC)c(C)c(OCOC)c2[C@H]1OCOC. The van der Waals surface area contributed by atoms with Crippen molar-refractivity contribution in [2.24, 2.45) is 0 Å². The molecule has 5 atom stereocenters.